The molecule has 1 N–H and O–H groups in total. The van der Waals surface area contributed by atoms with Gasteiger partial charge in [0.2, 0.25) is 0 Å². The molecular weight excluding hydrogens is 345 g/mol. The molecule has 2 aromatic rings. The SMILES string of the molecule is Cc1cc(Br)cc(Cl)c1OCCNc1ccc(F)cc1. The Kier molecular flexibility index (Phi) is 5.26. The summed E-state index contributed by atoms with van der Waals surface area (Å²) in [6, 6.07) is 9.96. The highest BCUT2D eigenvalue weighted by atomic mass is 79.9. The number of hydrogen-bond donors (Lipinski definition) is 1. The second kappa shape index (κ2) is 6.95. The van der Waals surface area contributed by atoms with Crippen molar-refractivity contribution in [3.05, 3.63) is 57.3 Å². The number of ether oxygens (including phenoxy) is 1. The molecule has 0 spiro atoms. The number of rotatable bonds is 5. The highest BCUT2D eigenvalue weighted by Gasteiger charge is 2.06. The Morgan fingerprint density at radius 1 is 1.25 bits per heavy atom. The van der Waals surface area contributed by atoms with E-state index in [1.165, 1.54) is 12.1 Å². The van der Waals surface area contributed by atoms with Gasteiger partial charge in [0, 0.05) is 16.7 Å². The summed E-state index contributed by atoms with van der Waals surface area (Å²) in [6.45, 7) is 3.02. The van der Waals surface area contributed by atoms with Crippen LogP contribution in [0, 0.1) is 12.7 Å². The zero-order valence-electron chi connectivity index (χ0n) is 10.9. The van der Waals surface area contributed by atoms with Crippen LogP contribution < -0.4 is 10.1 Å². The van der Waals surface area contributed by atoms with Crippen molar-refractivity contribution in [3.63, 3.8) is 0 Å². The van der Waals surface area contributed by atoms with E-state index >= 15 is 0 Å². The van der Waals surface area contributed by atoms with Crippen LogP contribution in [0.4, 0.5) is 10.1 Å². The van der Waals surface area contributed by atoms with Crippen LogP contribution in [0.15, 0.2) is 40.9 Å². The largest absolute Gasteiger partial charge is 0.490 e. The maximum Gasteiger partial charge on any atom is 0.140 e. The molecule has 0 fully saturated rings. The number of anilines is 1. The van der Waals surface area contributed by atoms with E-state index < -0.39 is 0 Å². The van der Waals surface area contributed by atoms with E-state index in [9.17, 15) is 4.39 Å². The summed E-state index contributed by atoms with van der Waals surface area (Å²) in [7, 11) is 0. The Morgan fingerprint density at radius 3 is 2.60 bits per heavy atom. The zero-order valence-corrected chi connectivity index (χ0v) is 13.3. The molecule has 0 atom stereocenters. The normalized spacial score (nSPS) is 10.4. The first kappa shape index (κ1) is 15.1. The number of nitrogens with one attached hydrogen (secondary N) is 1. The average Bonchev–Trinajstić information content (AvgIpc) is 2.39. The third-order valence-electron chi connectivity index (χ3n) is 2.72. The van der Waals surface area contributed by atoms with E-state index in [4.69, 9.17) is 16.3 Å². The summed E-state index contributed by atoms with van der Waals surface area (Å²) < 4.78 is 19.4. The molecule has 2 rings (SSSR count). The second-order valence-corrected chi connectivity index (χ2v) is 5.64. The molecule has 2 aromatic carbocycles. The van der Waals surface area contributed by atoms with Crippen molar-refractivity contribution in [1.29, 1.82) is 0 Å². The van der Waals surface area contributed by atoms with Crippen LogP contribution in [0.3, 0.4) is 0 Å². The third kappa shape index (κ3) is 4.12. The lowest BCUT2D eigenvalue weighted by molar-refractivity contribution is 0.331. The maximum absolute atomic E-state index is 12.7. The molecule has 20 heavy (non-hydrogen) atoms. The fourth-order valence-electron chi connectivity index (χ4n) is 1.79. The van der Waals surface area contributed by atoms with Crippen LogP contribution in [-0.4, -0.2) is 13.2 Å². The predicted octanol–water partition coefficient (Wildman–Crippen LogP) is 5.04. The highest BCUT2D eigenvalue weighted by Crippen LogP contribution is 2.31. The predicted molar refractivity (Wildman–Crippen MR) is 84.3 cm³/mol. The van der Waals surface area contributed by atoms with Crippen LogP contribution in [0.25, 0.3) is 0 Å². The third-order valence-corrected chi connectivity index (χ3v) is 3.45. The molecule has 0 saturated heterocycles. The van der Waals surface area contributed by atoms with Gasteiger partial charge in [-0.25, -0.2) is 4.39 Å². The number of benzene rings is 2. The lowest BCUT2D eigenvalue weighted by atomic mass is 10.2. The van der Waals surface area contributed by atoms with Crippen LogP contribution in [0.5, 0.6) is 5.75 Å². The molecular formula is C15H14BrClFNO. The van der Waals surface area contributed by atoms with Gasteiger partial charge in [-0.05, 0) is 48.9 Å². The number of aryl methyl sites for hydroxylation is 1. The van der Waals surface area contributed by atoms with Crippen molar-refractivity contribution in [1.82, 2.24) is 0 Å². The smallest absolute Gasteiger partial charge is 0.140 e. The van der Waals surface area contributed by atoms with E-state index in [2.05, 4.69) is 21.2 Å². The number of hydrogen-bond acceptors (Lipinski definition) is 2. The van der Waals surface area contributed by atoms with E-state index in [0.717, 1.165) is 15.7 Å². The van der Waals surface area contributed by atoms with Crippen molar-refractivity contribution in [2.45, 2.75) is 6.92 Å². The minimum atomic E-state index is -0.246. The van der Waals surface area contributed by atoms with Crippen LogP contribution in [0.2, 0.25) is 5.02 Å². The zero-order chi connectivity index (χ0) is 14.5. The summed E-state index contributed by atoms with van der Waals surface area (Å²) in [5, 5.41) is 3.73. The van der Waals surface area contributed by atoms with Gasteiger partial charge in [-0.3, -0.25) is 0 Å². The first-order valence-electron chi connectivity index (χ1n) is 6.14. The summed E-state index contributed by atoms with van der Waals surface area (Å²) in [6.07, 6.45) is 0. The highest BCUT2D eigenvalue weighted by molar-refractivity contribution is 9.10. The van der Waals surface area contributed by atoms with Gasteiger partial charge in [0.1, 0.15) is 18.2 Å². The monoisotopic (exact) mass is 357 g/mol. The van der Waals surface area contributed by atoms with Gasteiger partial charge in [-0.15, -0.1) is 0 Å². The van der Waals surface area contributed by atoms with Crippen molar-refractivity contribution in [3.8, 4) is 5.75 Å². The Hall–Kier alpha value is -1.26. The van der Waals surface area contributed by atoms with Crippen molar-refractivity contribution in [2.24, 2.45) is 0 Å². The molecule has 0 radical (unpaired) electrons. The van der Waals surface area contributed by atoms with Gasteiger partial charge in [-0.1, -0.05) is 27.5 Å². The molecule has 0 amide bonds. The Bertz CT molecular complexity index is 566. The molecule has 0 bridgehead atoms. The molecule has 106 valence electrons. The molecule has 0 heterocycles. The summed E-state index contributed by atoms with van der Waals surface area (Å²) in [5.41, 5.74) is 1.83. The van der Waals surface area contributed by atoms with Crippen LogP contribution in [-0.2, 0) is 0 Å². The van der Waals surface area contributed by atoms with Gasteiger partial charge >= 0.3 is 0 Å². The molecule has 2 nitrogen and oxygen atoms in total. The van der Waals surface area contributed by atoms with Crippen molar-refractivity contribution < 1.29 is 9.13 Å². The minimum Gasteiger partial charge on any atom is -0.490 e. The van der Waals surface area contributed by atoms with Gasteiger partial charge in [-0.2, -0.15) is 0 Å². The molecule has 0 aliphatic rings. The van der Waals surface area contributed by atoms with Crippen LogP contribution >= 0.6 is 27.5 Å². The maximum atomic E-state index is 12.7. The lowest BCUT2D eigenvalue weighted by Gasteiger charge is -2.12. The van der Waals surface area contributed by atoms with Crippen molar-refractivity contribution in [2.75, 3.05) is 18.5 Å². The summed E-state index contributed by atoms with van der Waals surface area (Å²) in [4.78, 5) is 0. The minimum absolute atomic E-state index is 0.246. The Morgan fingerprint density at radius 2 is 1.95 bits per heavy atom. The molecule has 0 aliphatic heterocycles. The average molecular weight is 359 g/mol. The molecule has 0 saturated carbocycles. The topological polar surface area (TPSA) is 21.3 Å². The fourth-order valence-corrected chi connectivity index (χ4v) is 2.81. The first-order valence-corrected chi connectivity index (χ1v) is 7.31. The van der Waals surface area contributed by atoms with E-state index in [1.54, 1.807) is 18.2 Å². The lowest BCUT2D eigenvalue weighted by Crippen LogP contribution is -2.12. The van der Waals surface area contributed by atoms with Crippen molar-refractivity contribution >= 4 is 33.2 Å². The second-order valence-electron chi connectivity index (χ2n) is 4.32. The van der Waals surface area contributed by atoms with Gasteiger partial charge in [0.05, 0.1) is 5.02 Å². The Balaban J connectivity index is 1.86. The van der Waals surface area contributed by atoms with E-state index in [-0.39, 0.29) is 5.82 Å². The summed E-state index contributed by atoms with van der Waals surface area (Å²) in [5.74, 6) is 0.444. The molecule has 0 unspecified atom stereocenters. The van der Waals surface area contributed by atoms with Gasteiger partial charge in [0.25, 0.3) is 0 Å². The molecule has 0 aliphatic carbocycles. The van der Waals surface area contributed by atoms with Gasteiger partial charge in [0.15, 0.2) is 0 Å². The quantitative estimate of drug-likeness (QED) is 0.756. The molecule has 5 heteroatoms. The standard InChI is InChI=1S/C15H14BrClFNO/c1-10-8-11(16)9-14(17)15(10)20-7-6-19-13-4-2-12(18)3-5-13/h2-5,8-9,19H,6-7H2,1H3. The fraction of sp³-hybridized carbons (Fsp3) is 0.200. The van der Waals surface area contributed by atoms with Crippen LogP contribution in [0.1, 0.15) is 5.56 Å². The first-order chi connectivity index (χ1) is 9.56. The number of halogens is 3. The molecule has 0 aromatic heterocycles. The summed E-state index contributed by atoms with van der Waals surface area (Å²) >= 11 is 9.51. The van der Waals surface area contributed by atoms with E-state index in [0.29, 0.717) is 23.9 Å². The van der Waals surface area contributed by atoms with E-state index in [1.807, 2.05) is 13.0 Å². The Labute approximate surface area is 131 Å². The van der Waals surface area contributed by atoms with Gasteiger partial charge < -0.3 is 10.1 Å².